The SMILES string of the molecule is Cc1cc(Br)cn(CC(=O)N2CCCCC2)c1=O. The highest BCUT2D eigenvalue weighted by molar-refractivity contribution is 9.10. The summed E-state index contributed by atoms with van der Waals surface area (Å²) in [6.07, 6.45) is 5.01. The van der Waals surface area contributed by atoms with Crippen molar-refractivity contribution in [1.82, 2.24) is 9.47 Å². The molecular weight excluding hydrogens is 296 g/mol. The monoisotopic (exact) mass is 312 g/mol. The number of rotatable bonds is 2. The molecule has 1 aromatic rings. The third-order valence-electron chi connectivity index (χ3n) is 3.25. The van der Waals surface area contributed by atoms with Gasteiger partial charge in [0.15, 0.2) is 0 Å². The van der Waals surface area contributed by atoms with Crippen molar-refractivity contribution in [2.75, 3.05) is 13.1 Å². The molecule has 18 heavy (non-hydrogen) atoms. The number of halogens is 1. The number of carbonyl (C=O) groups is 1. The molecule has 2 heterocycles. The second kappa shape index (κ2) is 5.69. The van der Waals surface area contributed by atoms with Crippen molar-refractivity contribution in [2.24, 2.45) is 0 Å². The van der Waals surface area contributed by atoms with Gasteiger partial charge in [-0.2, -0.15) is 0 Å². The van der Waals surface area contributed by atoms with Crippen molar-refractivity contribution >= 4 is 21.8 Å². The van der Waals surface area contributed by atoms with Gasteiger partial charge in [0.1, 0.15) is 6.54 Å². The Hall–Kier alpha value is -1.10. The van der Waals surface area contributed by atoms with Gasteiger partial charge in [0.25, 0.3) is 5.56 Å². The summed E-state index contributed by atoms with van der Waals surface area (Å²) in [7, 11) is 0. The number of aryl methyl sites for hydroxylation is 1. The van der Waals surface area contributed by atoms with E-state index >= 15 is 0 Å². The van der Waals surface area contributed by atoms with E-state index in [1.54, 1.807) is 19.2 Å². The molecule has 0 aliphatic carbocycles. The molecule has 1 fully saturated rings. The van der Waals surface area contributed by atoms with Crippen LogP contribution >= 0.6 is 15.9 Å². The van der Waals surface area contributed by atoms with Crippen LogP contribution in [-0.4, -0.2) is 28.5 Å². The van der Waals surface area contributed by atoms with E-state index in [4.69, 9.17) is 0 Å². The third-order valence-corrected chi connectivity index (χ3v) is 3.68. The van der Waals surface area contributed by atoms with Gasteiger partial charge in [-0.1, -0.05) is 0 Å². The summed E-state index contributed by atoms with van der Waals surface area (Å²) in [5, 5.41) is 0. The largest absolute Gasteiger partial charge is 0.341 e. The Labute approximate surface area is 115 Å². The third kappa shape index (κ3) is 3.02. The molecule has 0 N–H and O–H groups in total. The Morgan fingerprint density at radius 2 is 2.00 bits per heavy atom. The lowest BCUT2D eigenvalue weighted by Crippen LogP contribution is -2.39. The number of carbonyl (C=O) groups excluding carboxylic acids is 1. The van der Waals surface area contributed by atoms with Gasteiger partial charge in [-0.3, -0.25) is 9.59 Å². The van der Waals surface area contributed by atoms with Crippen LogP contribution in [0.15, 0.2) is 21.5 Å². The van der Waals surface area contributed by atoms with Crippen LogP contribution in [0.3, 0.4) is 0 Å². The molecule has 1 aromatic heterocycles. The van der Waals surface area contributed by atoms with Gasteiger partial charge in [0.05, 0.1) is 0 Å². The first-order valence-electron chi connectivity index (χ1n) is 6.22. The standard InChI is InChI=1S/C13H17BrN2O2/c1-10-7-11(14)8-16(13(10)18)9-12(17)15-5-3-2-4-6-15/h7-8H,2-6,9H2,1H3. The highest BCUT2D eigenvalue weighted by atomic mass is 79.9. The molecular formula is C13H17BrN2O2. The maximum absolute atomic E-state index is 12.1. The molecule has 0 radical (unpaired) electrons. The van der Waals surface area contributed by atoms with Gasteiger partial charge in [-0.25, -0.2) is 0 Å². The minimum Gasteiger partial charge on any atom is -0.341 e. The van der Waals surface area contributed by atoms with Gasteiger partial charge in [0, 0.05) is 29.3 Å². The van der Waals surface area contributed by atoms with Crippen molar-refractivity contribution in [3.63, 3.8) is 0 Å². The zero-order valence-electron chi connectivity index (χ0n) is 10.5. The van der Waals surface area contributed by atoms with Crippen LogP contribution in [0.2, 0.25) is 0 Å². The fourth-order valence-electron chi connectivity index (χ4n) is 2.25. The van der Waals surface area contributed by atoms with Crippen molar-refractivity contribution in [3.8, 4) is 0 Å². The summed E-state index contributed by atoms with van der Waals surface area (Å²) < 4.78 is 2.31. The van der Waals surface area contributed by atoms with E-state index in [2.05, 4.69) is 15.9 Å². The van der Waals surface area contributed by atoms with Crippen LogP contribution in [0.1, 0.15) is 24.8 Å². The second-order valence-corrected chi connectivity index (χ2v) is 5.63. The first-order chi connectivity index (χ1) is 8.58. The normalized spacial score (nSPS) is 15.8. The molecule has 4 nitrogen and oxygen atoms in total. The molecule has 2 rings (SSSR count). The molecule has 0 unspecified atom stereocenters. The van der Waals surface area contributed by atoms with E-state index in [9.17, 15) is 9.59 Å². The maximum Gasteiger partial charge on any atom is 0.253 e. The number of nitrogens with zero attached hydrogens (tertiary/aromatic N) is 2. The molecule has 5 heteroatoms. The van der Waals surface area contributed by atoms with Crippen molar-refractivity contribution < 1.29 is 4.79 Å². The Balaban J connectivity index is 2.13. The molecule has 1 amide bonds. The maximum atomic E-state index is 12.1. The van der Waals surface area contributed by atoms with Gasteiger partial charge < -0.3 is 9.47 Å². The van der Waals surface area contributed by atoms with E-state index in [1.807, 2.05) is 4.90 Å². The Kier molecular flexibility index (Phi) is 4.22. The highest BCUT2D eigenvalue weighted by Crippen LogP contribution is 2.11. The fraction of sp³-hybridized carbons (Fsp3) is 0.538. The Morgan fingerprint density at radius 1 is 1.33 bits per heavy atom. The molecule has 0 bridgehead atoms. The topological polar surface area (TPSA) is 42.3 Å². The quantitative estimate of drug-likeness (QED) is 0.837. The zero-order valence-corrected chi connectivity index (χ0v) is 12.1. The van der Waals surface area contributed by atoms with Crippen molar-refractivity contribution in [3.05, 3.63) is 32.7 Å². The first-order valence-corrected chi connectivity index (χ1v) is 7.01. The smallest absolute Gasteiger partial charge is 0.253 e. The summed E-state index contributed by atoms with van der Waals surface area (Å²) in [5.41, 5.74) is 0.555. The summed E-state index contributed by atoms with van der Waals surface area (Å²) >= 11 is 3.35. The van der Waals surface area contributed by atoms with E-state index in [-0.39, 0.29) is 18.0 Å². The number of aromatic nitrogens is 1. The molecule has 0 atom stereocenters. The fourth-order valence-corrected chi connectivity index (χ4v) is 2.84. The Morgan fingerprint density at radius 3 is 2.67 bits per heavy atom. The van der Waals surface area contributed by atoms with Crippen LogP contribution in [-0.2, 0) is 11.3 Å². The van der Waals surface area contributed by atoms with Gasteiger partial charge >= 0.3 is 0 Å². The Bertz CT molecular complexity index is 504. The van der Waals surface area contributed by atoms with Crippen molar-refractivity contribution in [2.45, 2.75) is 32.7 Å². The lowest BCUT2D eigenvalue weighted by molar-refractivity contribution is -0.132. The first kappa shape index (κ1) is 13.3. The van der Waals surface area contributed by atoms with Crippen LogP contribution in [0.5, 0.6) is 0 Å². The number of hydrogen-bond donors (Lipinski definition) is 0. The number of likely N-dealkylation sites (tertiary alicyclic amines) is 1. The average Bonchev–Trinajstić information content (AvgIpc) is 2.36. The van der Waals surface area contributed by atoms with Gasteiger partial charge in [-0.15, -0.1) is 0 Å². The molecule has 98 valence electrons. The van der Waals surface area contributed by atoms with E-state index in [0.717, 1.165) is 30.4 Å². The van der Waals surface area contributed by atoms with E-state index in [1.165, 1.54) is 11.0 Å². The molecule has 0 saturated carbocycles. The van der Waals surface area contributed by atoms with Crippen LogP contribution in [0.4, 0.5) is 0 Å². The summed E-state index contributed by atoms with van der Waals surface area (Å²) in [5.74, 6) is 0.0364. The molecule has 1 aliphatic heterocycles. The minimum absolute atomic E-state index is 0.0364. The van der Waals surface area contributed by atoms with Gasteiger partial charge in [0.2, 0.25) is 5.91 Å². The van der Waals surface area contributed by atoms with Crippen LogP contribution in [0.25, 0.3) is 0 Å². The lowest BCUT2D eigenvalue weighted by atomic mass is 10.1. The van der Waals surface area contributed by atoms with Crippen molar-refractivity contribution in [1.29, 1.82) is 0 Å². The summed E-state index contributed by atoms with van der Waals surface area (Å²) in [6.45, 7) is 3.54. The molecule has 1 aliphatic rings. The number of piperidine rings is 1. The number of pyridine rings is 1. The summed E-state index contributed by atoms with van der Waals surface area (Å²) in [4.78, 5) is 25.9. The zero-order chi connectivity index (χ0) is 13.1. The van der Waals surface area contributed by atoms with Crippen LogP contribution in [0, 0.1) is 6.92 Å². The number of amides is 1. The van der Waals surface area contributed by atoms with Crippen LogP contribution < -0.4 is 5.56 Å². The average molecular weight is 313 g/mol. The predicted molar refractivity (Wildman–Crippen MR) is 73.6 cm³/mol. The lowest BCUT2D eigenvalue weighted by Gasteiger charge is -2.27. The number of hydrogen-bond acceptors (Lipinski definition) is 2. The van der Waals surface area contributed by atoms with E-state index < -0.39 is 0 Å². The van der Waals surface area contributed by atoms with Gasteiger partial charge in [-0.05, 0) is 48.2 Å². The highest BCUT2D eigenvalue weighted by Gasteiger charge is 2.17. The molecule has 1 saturated heterocycles. The molecule has 0 aromatic carbocycles. The molecule has 0 spiro atoms. The minimum atomic E-state index is -0.0939. The van der Waals surface area contributed by atoms with E-state index in [0.29, 0.717) is 5.56 Å². The summed E-state index contributed by atoms with van der Waals surface area (Å²) in [6, 6.07) is 1.77. The second-order valence-electron chi connectivity index (χ2n) is 4.72. The predicted octanol–water partition coefficient (Wildman–Crippen LogP) is 1.93.